The molecule has 4 fully saturated rings. The van der Waals surface area contributed by atoms with Gasteiger partial charge in [0.1, 0.15) is 0 Å². The lowest BCUT2D eigenvalue weighted by Gasteiger charge is -2.60. The highest BCUT2D eigenvalue weighted by atomic mass is 16.6. The normalized spacial score (nSPS) is 43.0. The molecule has 2 aromatic rings. The molecule has 2 saturated heterocycles. The third-order valence-electron chi connectivity index (χ3n) is 11.5. The van der Waals surface area contributed by atoms with Crippen LogP contribution in [0.15, 0.2) is 60.0 Å². The van der Waals surface area contributed by atoms with Gasteiger partial charge < -0.3 is 14.6 Å². The molecule has 3 aliphatic heterocycles. The van der Waals surface area contributed by atoms with Crippen LogP contribution in [0.2, 0.25) is 0 Å². The maximum atomic E-state index is 13.3. The van der Waals surface area contributed by atoms with Crippen LogP contribution in [0.3, 0.4) is 0 Å². The van der Waals surface area contributed by atoms with Gasteiger partial charge in [0.15, 0.2) is 0 Å². The van der Waals surface area contributed by atoms with Crippen molar-refractivity contribution in [3.8, 4) is 0 Å². The van der Waals surface area contributed by atoms with Gasteiger partial charge in [-0.05, 0) is 90.0 Å². The van der Waals surface area contributed by atoms with Crippen molar-refractivity contribution in [2.75, 3.05) is 13.1 Å². The minimum atomic E-state index is -0.170. The number of aromatic nitrogens is 1. The van der Waals surface area contributed by atoms with Crippen molar-refractivity contribution in [3.63, 3.8) is 0 Å². The number of quaternary nitrogens is 1. The summed E-state index contributed by atoms with van der Waals surface area (Å²) in [5.74, 6) is 1.09. The van der Waals surface area contributed by atoms with Gasteiger partial charge in [-0.3, -0.25) is 4.98 Å². The number of hydrogen-bond donors (Lipinski definition) is 0. The molecule has 6 aliphatic rings. The summed E-state index contributed by atoms with van der Waals surface area (Å²) < 4.78 is 7.46. The number of pyridine rings is 1. The zero-order valence-electron chi connectivity index (χ0n) is 20.8. The fourth-order valence-electron chi connectivity index (χ4n) is 9.49. The van der Waals surface area contributed by atoms with E-state index in [1.54, 1.807) is 0 Å². The van der Waals surface area contributed by atoms with Crippen LogP contribution < -0.4 is 0 Å². The molecule has 2 unspecified atom stereocenters. The summed E-state index contributed by atoms with van der Waals surface area (Å²) in [7, 11) is 0. The van der Waals surface area contributed by atoms with Crippen LogP contribution in [0.1, 0.15) is 76.2 Å². The first-order chi connectivity index (χ1) is 16.9. The second kappa shape index (κ2) is 6.85. The van der Waals surface area contributed by atoms with Crippen molar-refractivity contribution >= 4 is 10.8 Å². The summed E-state index contributed by atoms with van der Waals surface area (Å²) in [6.45, 7) is 4.18. The summed E-state index contributed by atoms with van der Waals surface area (Å²) in [6, 6.07) is 9.38. The Morgan fingerprint density at radius 1 is 1.09 bits per heavy atom. The van der Waals surface area contributed by atoms with Crippen LogP contribution in [-0.4, -0.2) is 40.0 Å². The Hall–Kier alpha value is -2.01. The molecule has 0 N–H and O–H groups in total. The maximum absolute atomic E-state index is 13.3. The molecular formula is C31H36N2O2. The van der Waals surface area contributed by atoms with E-state index in [-0.39, 0.29) is 27.3 Å². The van der Waals surface area contributed by atoms with E-state index in [0.29, 0.717) is 11.8 Å². The van der Waals surface area contributed by atoms with Crippen LogP contribution >= 0.6 is 0 Å². The Kier molecular flexibility index (Phi) is 4.13. The van der Waals surface area contributed by atoms with Crippen molar-refractivity contribution in [2.24, 2.45) is 11.3 Å². The smallest absolute Gasteiger partial charge is 0.0975 e. The van der Waals surface area contributed by atoms with Crippen molar-refractivity contribution < 1.29 is 9.38 Å². The average Bonchev–Trinajstić information content (AvgIpc) is 3.37. The lowest BCUT2D eigenvalue weighted by atomic mass is 9.58. The standard InChI is InChI=1S/C31H36N2O2/c1-29-11-9-25-18-24-5-6-26(33(34)15-2-16-33)19-30(24)12-13-31(25,35-30)28(29)8-7-27(29)22-4-3-21-10-14-32-20-23(21)17-22/h3-4,9-10,14,17-18,20,26-28H,2,5-8,11-13,15-16,19H2,1H3/t26-,27?,28-,29?,30-,31-/m1/s1. The number of benzene rings is 1. The lowest BCUT2D eigenvalue weighted by Crippen LogP contribution is -2.63. The summed E-state index contributed by atoms with van der Waals surface area (Å²) in [4.78, 5) is 4.37. The van der Waals surface area contributed by atoms with Gasteiger partial charge in [0, 0.05) is 37.0 Å². The predicted molar refractivity (Wildman–Crippen MR) is 137 cm³/mol. The van der Waals surface area contributed by atoms with Crippen LogP contribution in [0, 0.1) is 16.5 Å². The van der Waals surface area contributed by atoms with Crippen molar-refractivity contribution in [3.05, 3.63) is 70.7 Å². The van der Waals surface area contributed by atoms with E-state index < -0.39 is 0 Å². The molecule has 4 heterocycles. The molecular weight excluding hydrogens is 432 g/mol. The number of hydroxylamine groups is 3. The van der Waals surface area contributed by atoms with Crippen LogP contribution in [0.5, 0.6) is 0 Å². The van der Waals surface area contributed by atoms with Crippen molar-refractivity contribution in [2.45, 2.75) is 87.9 Å². The molecule has 0 radical (unpaired) electrons. The number of fused-ring (bicyclic) bond motifs is 2. The van der Waals surface area contributed by atoms with Crippen molar-refractivity contribution in [1.29, 1.82) is 0 Å². The van der Waals surface area contributed by atoms with E-state index >= 15 is 0 Å². The van der Waals surface area contributed by atoms with E-state index in [1.807, 2.05) is 12.4 Å². The summed E-state index contributed by atoms with van der Waals surface area (Å²) in [5.41, 5.74) is 4.33. The monoisotopic (exact) mass is 468 g/mol. The zero-order chi connectivity index (χ0) is 23.5. The van der Waals surface area contributed by atoms with E-state index in [2.05, 4.69) is 48.3 Å². The second-order valence-electron chi connectivity index (χ2n) is 12.8. The number of allylic oxidation sites excluding steroid dienone is 1. The van der Waals surface area contributed by atoms with Crippen LogP contribution in [0.4, 0.5) is 0 Å². The Morgan fingerprint density at radius 3 is 2.86 bits per heavy atom. The summed E-state index contributed by atoms with van der Waals surface area (Å²) in [5, 5.41) is 15.8. The molecule has 3 aliphatic carbocycles. The van der Waals surface area contributed by atoms with Crippen LogP contribution in [-0.2, 0) is 4.74 Å². The molecule has 1 aromatic heterocycles. The molecule has 4 nitrogen and oxygen atoms in total. The Morgan fingerprint density at radius 2 is 2.00 bits per heavy atom. The summed E-state index contributed by atoms with van der Waals surface area (Å²) >= 11 is 0. The first-order valence-electron chi connectivity index (χ1n) is 14.0. The molecule has 2 bridgehead atoms. The van der Waals surface area contributed by atoms with Gasteiger partial charge in [-0.25, -0.2) is 0 Å². The van der Waals surface area contributed by atoms with Gasteiger partial charge >= 0.3 is 0 Å². The molecule has 2 saturated carbocycles. The number of nitrogens with zero attached hydrogens (tertiary/aromatic N) is 2. The van der Waals surface area contributed by atoms with Gasteiger partial charge in [0.2, 0.25) is 0 Å². The SMILES string of the molecule is CC12CC=C3C=C4CC[C@@H]([N+]5([O-])CCC5)C[C@]45CC[C@]3(O5)[C@@H]1CCC2c1ccc2ccncc2c1. The van der Waals surface area contributed by atoms with E-state index in [4.69, 9.17) is 4.74 Å². The Bertz CT molecular complexity index is 1290. The molecule has 4 heteroatoms. The summed E-state index contributed by atoms with van der Waals surface area (Å²) in [6.07, 6.45) is 18.9. The Balaban J connectivity index is 1.16. The van der Waals surface area contributed by atoms with E-state index in [9.17, 15) is 5.21 Å². The highest BCUT2D eigenvalue weighted by molar-refractivity contribution is 5.82. The fourth-order valence-corrected chi connectivity index (χ4v) is 9.49. The largest absolute Gasteiger partial charge is 0.633 e. The second-order valence-corrected chi connectivity index (χ2v) is 12.8. The van der Waals surface area contributed by atoms with Gasteiger partial charge in [-0.15, -0.1) is 0 Å². The predicted octanol–water partition coefficient (Wildman–Crippen LogP) is 6.56. The average molecular weight is 469 g/mol. The lowest BCUT2D eigenvalue weighted by molar-refractivity contribution is -0.943. The molecule has 6 atom stereocenters. The van der Waals surface area contributed by atoms with E-state index in [0.717, 1.165) is 58.0 Å². The maximum Gasteiger partial charge on any atom is 0.0975 e. The third kappa shape index (κ3) is 2.66. The number of rotatable bonds is 2. The number of likely N-dealkylation sites (tertiary alicyclic amines) is 1. The van der Waals surface area contributed by atoms with Gasteiger partial charge in [-0.2, -0.15) is 0 Å². The van der Waals surface area contributed by atoms with Gasteiger partial charge in [0.05, 0.1) is 30.3 Å². The van der Waals surface area contributed by atoms with Gasteiger partial charge in [0.25, 0.3) is 0 Å². The quantitative estimate of drug-likeness (QED) is 0.370. The minimum Gasteiger partial charge on any atom is -0.633 e. The zero-order valence-corrected chi connectivity index (χ0v) is 20.8. The minimum absolute atomic E-state index is 0.0497. The highest BCUT2D eigenvalue weighted by Crippen LogP contribution is 2.69. The first kappa shape index (κ1) is 21.1. The molecule has 8 rings (SSSR count). The fraction of sp³-hybridized carbons (Fsp3) is 0.581. The van der Waals surface area contributed by atoms with E-state index in [1.165, 1.54) is 40.3 Å². The van der Waals surface area contributed by atoms with Crippen LogP contribution in [0.25, 0.3) is 10.8 Å². The molecule has 0 amide bonds. The third-order valence-corrected chi connectivity index (χ3v) is 11.5. The molecule has 182 valence electrons. The van der Waals surface area contributed by atoms with Gasteiger partial charge in [-0.1, -0.05) is 31.2 Å². The highest BCUT2D eigenvalue weighted by Gasteiger charge is 2.67. The Labute approximate surface area is 208 Å². The molecule has 35 heavy (non-hydrogen) atoms. The topological polar surface area (TPSA) is 45.2 Å². The first-order valence-corrected chi connectivity index (χ1v) is 14.0. The number of ether oxygens (including phenoxy) is 1. The molecule has 1 aromatic carbocycles. The molecule has 2 spiro atoms. The van der Waals surface area contributed by atoms with Crippen molar-refractivity contribution in [1.82, 2.24) is 4.98 Å². The number of hydrogen-bond acceptors (Lipinski definition) is 3.